The van der Waals surface area contributed by atoms with Crippen molar-refractivity contribution in [2.24, 2.45) is 0 Å². The zero-order chi connectivity index (χ0) is 22.5. The number of para-hydroxylation sites is 1. The lowest BCUT2D eigenvalue weighted by atomic mass is 10.1. The van der Waals surface area contributed by atoms with Crippen LogP contribution in [0.3, 0.4) is 0 Å². The maximum absolute atomic E-state index is 12.3. The summed E-state index contributed by atoms with van der Waals surface area (Å²) in [6.45, 7) is 5.98. The molecule has 4 aromatic rings. The number of anilines is 2. The van der Waals surface area contributed by atoms with E-state index in [9.17, 15) is 4.79 Å². The van der Waals surface area contributed by atoms with Gasteiger partial charge in [0, 0.05) is 23.1 Å². The predicted octanol–water partition coefficient (Wildman–Crippen LogP) is 5.28. The van der Waals surface area contributed by atoms with E-state index in [4.69, 9.17) is 4.74 Å². The third-order valence-corrected chi connectivity index (χ3v) is 5.11. The molecule has 2 aromatic heterocycles. The Hall–Kier alpha value is -4.20. The molecule has 2 N–H and O–H groups in total. The average molecular weight is 428 g/mol. The fourth-order valence-electron chi connectivity index (χ4n) is 3.19. The molecule has 2 heterocycles. The summed E-state index contributed by atoms with van der Waals surface area (Å²) >= 11 is 0. The Morgan fingerprint density at radius 2 is 1.75 bits per heavy atom. The molecule has 0 atom stereocenters. The highest BCUT2D eigenvalue weighted by Crippen LogP contribution is 2.22. The lowest BCUT2D eigenvalue weighted by Crippen LogP contribution is -2.20. The molecule has 0 fully saturated rings. The van der Waals surface area contributed by atoms with Crippen molar-refractivity contribution in [2.75, 3.05) is 10.6 Å². The van der Waals surface area contributed by atoms with E-state index in [2.05, 4.69) is 32.7 Å². The normalized spacial score (nSPS) is 10.6. The van der Waals surface area contributed by atoms with Crippen LogP contribution < -0.4 is 15.4 Å². The molecule has 0 saturated heterocycles. The monoisotopic (exact) mass is 428 g/mol. The second-order valence-electron chi connectivity index (χ2n) is 7.23. The number of hydrogen-bond donors (Lipinski definition) is 2. The molecule has 32 heavy (non-hydrogen) atoms. The van der Waals surface area contributed by atoms with Gasteiger partial charge < -0.3 is 15.4 Å². The van der Waals surface area contributed by atoms with Crippen LogP contribution in [0.15, 0.2) is 67.0 Å². The molecule has 8 heteroatoms. The smallest absolute Gasteiger partial charge is 0.323 e. The van der Waals surface area contributed by atoms with Crippen LogP contribution in [0.25, 0.3) is 5.82 Å². The Morgan fingerprint density at radius 3 is 2.41 bits per heavy atom. The summed E-state index contributed by atoms with van der Waals surface area (Å²) < 4.78 is 7.64. The summed E-state index contributed by atoms with van der Waals surface area (Å²) in [4.78, 5) is 16.6. The molecule has 0 saturated carbocycles. The third-order valence-electron chi connectivity index (χ3n) is 5.11. The zero-order valence-electron chi connectivity index (χ0n) is 18.2. The van der Waals surface area contributed by atoms with Crippen LogP contribution in [-0.4, -0.2) is 25.8 Å². The van der Waals surface area contributed by atoms with E-state index in [0.717, 1.165) is 29.1 Å². The van der Waals surface area contributed by atoms with Crippen molar-refractivity contribution >= 4 is 17.4 Å². The van der Waals surface area contributed by atoms with Crippen LogP contribution in [0, 0.1) is 13.8 Å². The third kappa shape index (κ3) is 4.75. The van der Waals surface area contributed by atoms with E-state index in [1.807, 2.05) is 48.7 Å². The van der Waals surface area contributed by atoms with Gasteiger partial charge in [0.15, 0.2) is 5.82 Å². The van der Waals surface area contributed by atoms with E-state index in [0.29, 0.717) is 23.1 Å². The number of nitrogens with one attached hydrogen (secondary N) is 2. The second-order valence-corrected chi connectivity index (χ2v) is 7.23. The molecule has 0 radical (unpaired) electrons. The quantitative estimate of drug-likeness (QED) is 0.436. The highest BCUT2D eigenvalue weighted by atomic mass is 16.5. The molecule has 162 valence electrons. The van der Waals surface area contributed by atoms with Crippen LogP contribution in [0.1, 0.15) is 23.9 Å². The molecule has 0 aliphatic rings. The number of amides is 2. The van der Waals surface area contributed by atoms with Crippen molar-refractivity contribution in [3.05, 3.63) is 83.9 Å². The first-order valence-corrected chi connectivity index (χ1v) is 10.3. The number of aromatic nitrogens is 4. The van der Waals surface area contributed by atoms with Gasteiger partial charge in [-0.15, -0.1) is 10.2 Å². The minimum absolute atomic E-state index is 0.300. The molecule has 8 nitrogen and oxygen atoms in total. The van der Waals surface area contributed by atoms with Crippen molar-refractivity contribution in [1.82, 2.24) is 19.7 Å². The molecule has 0 aliphatic heterocycles. The Bertz CT molecular complexity index is 1220. The number of carbonyl (C=O) groups is 1. The number of nitrogens with zero attached hydrogens (tertiary/aromatic N) is 4. The fraction of sp³-hybridized carbons (Fsp3) is 0.167. The predicted molar refractivity (Wildman–Crippen MR) is 124 cm³/mol. The van der Waals surface area contributed by atoms with Gasteiger partial charge in [0.1, 0.15) is 12.1 Å². The fourth-order valence-corrected chi connectivity index (χ4v) is 3.19. The van der Waals surface area contributed by atoms with Gasteiger partial charge in [-0.2, -0.15) is 0 Å². The molecule has 0 aliphatic carbocycles. The molecule has 0 bridgehead atoms. The first-order valence-electron chi connectivity index (χ1n) is 10.3. The van der Waals surface area contributed by atoms with Crippen molar-refractivity contribution in [3.8, 4) is 17.4 Å². The summed E-state index contributed by atoms with van der Waals surface area (Å²) in [5.74, 6) is 1.63. The summed E-state index contributed by atoms with van der Waals surface area (Å²) in [6.07, 6.45) is 2.56. The lowest BCUT2D eigenvalue weighted by Gasteiger charge is -2.11. The van der Waals surface area contributed by atoms with Crippen LogP contribution in [0.4, 0.5) is 16.2 Å². The van der Waals surface area contributed by atoms with Crippen LogP contribution in [0.2, 0.25) is 0 Å². The highest BCUT2D eigenvalue weighted by molar-refractivity contribution is 6.00. The van der Waals surface area contributed by atoms with E-state index >= 15 is 0 Å². The topological polar surface area (TPSA) is 94.0 Å². The number of urea groups is 1. The number of benzene rings is 2. The summed E-state index contributed by atoms with van der Waals surface area (Å²) in [7, 11) is 0. The summed E-state index contributed by atoms with van der Waals surface area (Å²) in [6, 6.07) is 18.1. The van der Waals surface area contributed by atoms with Crippen molar-refractivity contribution in [1.29, 1.82) is 0 Å². The Labute approximate surface area is 186 Å². The Balaban J connectivity index is 1.36. The molecule has 2 aromatic carbocycles. The number of ether oxygens (including phenoxy) is 1. The van der Waals surface area contributed by atoms with Crippen LogP contribution in [-0.2, 0) is 6.42 Å². The first kappa shape index (κ1) is 21.0. The van der Waals surface area contributed by atoms with Crippen molar-refractivity contribution in [2.45, 2.75) is 27.2 Å². The van der Waals surface area contributed by atoms with Gasteiger partial charge in [-0.3, -0.25) is 4.57 Å². The largest absolute Gasteiger partial charge is 0.438 e. The average Bonchev–Trinajstić information content (AvgIpc) is 3.14. The van der Waals surface area contributed by atoms with Crippen molar-refractivity contribution < 1.29 is 9.53 Å². The van der Waals surface area contributed by atoms with Gasteiger partial charge in [-0.1, -0.05) is 25.1 Å². The first-order chi connectivity index (χ1) is 15.5. The van der Waals surface area contributed by atoms with Gasteiger partial charge >= 0.3 is 6.03 Å². The number of aryl methyl sites for hydroxylation is 2. The molecular weight excluding hydrogens is 404 g/mol. The molecule has 4 rings (SSSR count). The van der Waals surface area contributed by atoms with Gasteiger partial charge in [0.2, 0.25) is 5.88 Å². The number of rotatable bonds is 6. The molecule has 0 unspecified atom stereocenters. The highest BCUT2D eigenvalue weighted by Gasteiger charge is 2.08. The van der Waals surface area contributed by atoms with E-state index < -0.39 is 0 Å². The maximum Gasteiger partial charge on any atom is 0.323 e. The second kappa shape index (κ2) is 9.30. The van der Waals surface area contributed by atoms with Gasteiger partial charge in [0.05, 0.1) is 5.69 Å². The maximum atomic E-state index is 12.3. The van der Waals surface area contributed by atoms with E-state index in [1.54, 1.807) is 36.7 Å². The Morgan fingerprint density at radius 1 is 0.969 bits per heavy atom. The lowest BCUT2D eigenvalue weighted by molar-refractivity contribution is 0.262. The van der Waals surface area contributed by atoms with Crippen molar-refractivity contribution in [3.63, 3.8) is 0 Å². The van der Waals surface area contributed by atoms with Gasteiger partial charge in [-0.25, -0.2) is 9.78 Å². The minimum Gasteiger partial charge on any atom is -0.438 e. The molecular formula is C24H24N6O2. The Kier molecular flexibility index (Phi) is 6.12. The summed E-state index contributed by atoms with van der Waals surface area (Å²) in [5, 5.41) is 14.1. The van der Waals surface area contributed by atoms with Gasteiger partial charge in [-0.05, 0) is 62.2 Å². The van der Waals surface area contributed by atoms with E-state index in [-0.39, 0.29) is 6.03 Å². The van der Waals surface area contributed by atoms with Gasteiger partial charge in [0.25, 0.3) is 0 Å². The number of carbonyl (C=O) groups excluding carboxylic acids is 1. The summed E-state index contributed by atoms with van der Waals surface area (Å²) in [5.41, 5.74) is 4.49. The van der Waals surface area contributed by atoms with Crippen LogP contribution >= 0.6 is 0 Å². The zero-order valence-corrected chi connectivity index (χ0v) is 18.2. The number of imidazole rings is 1. The minimum atomic E-state index is -0.300. The van der Waals surface area contributed by atoms with Crippen LogP contribution in [0.5, 0.6) is 11.6 Å². The SMILES string of the molecule is CCc1ccccc1NC(=O)Nc1ccc(Oc2ccc(-n3cnc(C)c3C)nn2)cc1. The standard InChI is InChI=1S/C24H24N6O2/c1-4-18-7-5-6-8-21(18)27-24(31)26-19-9-11-20(12-10-19)32-23-14-13-22(28-29-23)30-15-25-16(2)17(30)3/h5-15H,4H2,1-3H3,(H2,26,27,31). The van der Waals surface area contributed by atoms with E-state index in [1.165, 1.54) is 0 Å². The number of hydrogen-bond acceptors (Lipinski definition) is 5. The molecule has 2 amide bonds. The molecule has 0 spiro atoms.